The molecule has 0 atom stereocenters. The lowest BCUT2D eigenvalue weighted by Crippen LogP contribution is -2.20. The van der Waals surface area contributed by atoms with Crippen LogP contribution < -0.4 is 0 Å². The summed E-state index contributed by atoms with van der Waals surface area (Å²) in [6.45, 7) is 4.16. The summed E-state index contributed by atoms with van der Waals surface area (Å²) in [5.41, 5.74) is 3.53. The van der Waals surface area contributed by atoms with E-state index in [0.29, 0.717) is 24.2 Å². The highest BCUT2D eigenvalue weighted by molar-refractivity contribution is 5.28. The van der Waals surface area contributed by atoms with E-state index in [1.165, 1.54) is 49.7 Å². The molecule has 0 amide bonds. The molecule has 0 bridgehead atoms. The molecule has 4 rings (SSSR count). The van der Waals surface area contributed by atoms with E-state index in [1.54, 1.807) is 12.1 Å². The Balaban J connectivity index is 1.24. The van der Waals surface area contributed by atoms with Crippen molar-refractivity contribution in [2.75, 3.05) is 6.61 Å². The zero-order valence-electron chi connectivity index (χ0n) is 22.0. The lowest BCUT2D eigenvalue weighted by molar-refractivity contribution is -0.248. The standard InChI is InChI=1S/C33H42F2O/c1-3-5-25-7-13-28(14-8-25)29-17-11-27(12-18-29)23-24-36-33(34,35)32-21-19-31(20-22-32)30-15-9-26(6-4-2)10-16-30/h3-6,11-12,17-22,25-26,28,30H,7-10,13-16,23-24H2,1-2H3/b5-3+,6-4+. The van der Waals surface area contributed by atoms with Gasteiger partial charge in [0.05, 0.1) is 12.2 Å². The van der Waals surface area contributed by atoms with Crippen LogP contribution in [0, 0.1) is 11.8 Å². The van der Waals surface area contributed by atoms with Crippen molar-refractivity contribution in [2.24, 2.45) is 11.8 Å². The molecule has 36 heavy (non-hydrogen) atoms. The van der Waals surface area contributed by atoms with Gasteiger partial charge in [0.25, 0.3) is 0 Å². The summed E-state index contributed by atoms with van der Waals surface area (Å²) >= 11 is 0. The van der Waals surface area contributed by atoms with E-state index < -0.39 is 6.11 Å². The summed E-state index contributed by atoms with van der Waals surface area (Å²) in [7, 11) is 0. The second kappa shape index (κ2) is 12.8. The van der Waals surface area contributed by atoms with Gasteiger partial charge in [-0.05, 0) is 112 Å². The van der Waals surface area contributed by atoms with E-state index in [1.807, 2.05) is 12.1 Å². The molecule has 0 N–H and O–H groups in total. The Bertz CT molecular complexity index is 973. The van der Waals surface area contributed by atoms with Crippen LogP contribution in [0.3, 0.4) is 0 Å². The molecule has 0 radical (unpaired) electrons. The average Bonchev–Trinajstić information content (AvgIpc) is 2.90. The van der Waals surface area contributed by atoms with E-state index in [-0.39, 0.29) is 12.2 Å². The van der Waals surface area contributed by atoms with Gasteiger partial charge in [-0.15, -0.1) is 0 Å². The SMILES string of the molecule is C/C=C/C1CCC(c2ccc(CCOC(F)(F)c3ccc(C4CCC(/C=C/C)CC4)cc3)cc2)CC1. The summed E-state index contributed by atoms with van der Waals surface area (Å²) in [5, 5.41) is 0. The van der Waals surface area contributed by atoms with Crippen LogP contribution in [0.4, 0.5) is 8.78 Å². The highest BCUT2D eigenvalue weighted by Crippen LogP contribution is 2.38. The summed E-state index contributed by atoms with van der Waals surface area (Å²) in [5.74, 6) is 2.49. The second-order valence-corrected chi connectivity index (χ2v) is 10.8. The Hall–Kier alpha value is -2.26. The van der Waals surface area contributed by atoms with Crippen LogP contribution in [0.15, 0.2) is 72.8 Å². The molecule has 3 heteroatoms. The molecule has 0 spiro atoms. The van der Waals surface area contributed by atoms with Gasteiger partial charge < -0.3 is 4.74 Å². The first kappa shape index (κ1) is 26.8. The van der Waals surface area contributed by atoms with Gasteiger partial charge >= 0.3 is 6.11 Å². The summed E-state index contributed by atoms with van der Waals surface area (Å²) in [6, 6.07) is 15.4. The Morgan fingerprint density at radius 1 is 0.694 bits per heavy atom. The van der Waals surface area contributed by atoms with Crippen LogP contribution in [0.5, 0.6) is 0 Å². The first-order valence-corrected chi connectivity index (χ1v) is 13.9. The Kier molecular flexibility index (Phi) is 9.53. The molecule has 0 aromatic heterocycles. The number of benzene rings is 2. The van der Waals surface area contributed by atoms with Gasteiger partial charge in [-0.2, -0.15) is 8.78 Å². The first-order valence-electron chi connectivity index (χ1n) is 13.9. The molecule has 0 saturated heterocycles. The molecular formula is C33H42F2O. The van der Waals surface area contributed by atoms with Crippen molar-refractivity contribution in [2.45, 2.75) is 89.6 Å². The van der Waals surface area contributed by atoms with E-state index >= 15 is 0 Å². The van der Waals surface area contributed by atoms with Crippen LogP contribution in [0.2, 0.25) is 0 Å². The zero-order valence-corrected chi connectivity index (χ0v) is 22.0. The lowest BCUT2D eigenvalue weighted by atomic mass is 9.78. The molecule has 0 heterocycles. The highest BCUT2D eigenvalue weighted by Gasteiger charge is 2.33. The van der Waals surface area contributed by atoms with E-state index in [2.05, 4.69) is 62.4 Å². The third-order valence-corrected chi connectivity index (χ3v) is 8.32. The smallest absolute Gasteiger partial charge is 0.316 e. The van der Waals surface area contributed by atoms with Crippen molar-refractivity contribution in [3.63, 3.8) is 0 Å². The van der Waals surface area contributed by atoms with Crippen LogP contribution in [-0.2, 0) is 17.3 Å². The molecule has 194 valence electrons. The van der Waals surface area contributed by atoms with Gasteiger partial charge in [0.15, 0.2) is 0 Å². The zero-order chi connectivity index (χ0) is 25.4. The van der Waals surface area contributed by atoms with Crippen LogP contribution >= 0.6 is 0 Å². The molecule has 1 nitrogen and oxygen atoms in total. The molecule has 2 aliphatic carbocycles. The molecular weight excluding hydrogens is 450 g/mol. The molecule has 2 aromatic carbocycles. The van der Waals surface area contributed by atoms with Crippen LogP contribution in [0.25, 0.3) is 0 Å². The van der Waals surface area contributed by atoms with Crippen molar-refractivity contribution >= 4 is 0 Å². The van der Waals surface area contributed by atoms with Gasteiger partial charge in [-0.1, -0.05) is 72.8 Å². The average molecular weight is 493 g/mol. The molecule has 2 aromatic rings. The Morgan fingerprint density at radius 2 is 1.14 bits per heavy atom. The third kappa shape index (κ3) is 7.16. The van der Waals surface area contributed by atoms with E-state index in [0.717, 1.165) is 24.3 Å². The second-order valence-electron chi connectivity index (χ2n) is 10.8. The van der Waals surface area contributed by atoms with Crippen molar-refractivity contribution in [3.05, 3.63) is 95.1 Å². The van der Waals surface area contributed by atoms with Crippen molar-refractivity contribution < 1.29 is 13.5 Å². The molecule has 2 fully saturated rings. The summed E-state index contributed by atoms with van der Waals surface area (Å²) < 4.78 is 34.5. The summed E-state index contributed by atoms with van der Waals surface area (Å²) in [6.07, 6.45) is 15.7. The Labute approximate surface area is 216 Å². The number of rotatable bonds is 9. The fraction of sp³-hybridized carbons (Fsp3) is 0.515. The molecule has 0 unspecified atom stereocenters. The largest absolute Gasteiger partial charge is 0.383 e. The van der Waals surface area contributed by atoms with E-state index in [9.17, 15) is 8.78 Å². The Morgan fingerprint density at radius 3 is 1.58 bits per heavy atom. The van der Waals surface area contributed by atoms with E-state index in [4.69, 9.17) is 4.74 Å². The maximum absolute atomic E-state index is 14.7. The number of allylic oxidation sites excluding steroid dienone is 4. The van der Waals surface area contributed by atoms with Crippen molar-refractivity contribution in [3.8, 4) is 0 Å². The predicted molar refractivity (Wildman–Crippen MR) is 145 cm³/mol. The quantitative estimate of drug-likeness (QED) is 0.317. The van der Waals surface area contributed by atoms with Gasteiger partial charge in [0.1, 0.15) is 0 Å². The van der Waals surface area contributed by atoms with Crippen LogP contribution in [-0.4, -0.2) is 6.61 Å². The minimum atomic E-state index is -3.27. The van der Waals surface area contributed by atoms with Gasteiger partial charge in [0.2, 0.25) is 0 Å². The predicted octanol–water partition coefficient (Wildman–Crippen LogP) is 9.69. The van der Waals surface area contributed by atoms with Crippen molar-refractivity contribution in [1.29, 1.82) is 0 Å². The van der Waals surface area contributed by atoms with Crippen LogP contribution in [0.1, 0.15) is 99.3 Å². The number of hydrogen-bond donors (Lipinski definition) is 0. The minimum Gasteiger partial charge on any atom is -0.316 e. The highest BCUT2D eigenvalue weighted by atomic mass is 19.3. The topological polar surface area (TPSA) is 9.23 Å². The lowest BCUT2D eigenvalue weighted by Gasteiger charge is -2.27. The minimum absolute atomic E-state index is 0.00246. The maximum Gasteiger partial charge on any atom is 0.383 e. The fourth-order valence-electron chi connectivity index (χ4n) is 6.12. The number of ether oxygens (including phenoxy) is 1. The van der Waals surface area contributed by atoms with Gasteiger partial charge in [-0.25, -0.2) is 0 Å². The van der Waals surface area contributed by atoms with Gasteiger partial charge in [-0.3, -0.25) is 0 Å². The third-order valence-electron chi connectivity index (χ3n) is 8.32. The molecule has 2 aliphatic rings. The first-order chi connectivity index (χ1) is 17.5. The number of hydrogen-bond acceptors (Lipinski definition) is 1. The maximum atomic E-state index is 14.7. The molecule has 0 aliphatic heterocycles. The summed E-state index contributed by atoms with van der Waals surface area (Å²) in [4.78, 5) is 0. The number of alkyl halides is 2. The number of halogens is 2. The van der Waals surface area contributed by atoms with Crippen molar-refractivity contribution in [1.82, 2.24) is 0 Å². The monoisotopic (exact) mass is 492 g/mol. The normalized spacial score (nSPS) is 25.6. The molecule has 2 saturated carbocycles. The van der Waals surface area contributed by atoms with Gasteiger partial charge in [0, 0.05) is 0 Å². The fourth-order valence-corrected chi connectivity index (χ4v) is 6.12.